The second-order valence-corrected chi connectivity index (χ2v) is 5.37. The van der Waals surface area contributed by atoms with Crippen molar-refractivity contribution in [3.63, 3.8) is 0 Å². The maximum Gasteiger partial charge on any atom is 0.314 e. The van der Waals surface area contributed by atoms with E-state index in [0.29, 0.717) is 12.2 Å². The van der Waals surface area contributed by atoms with Gasteiger partial charge in [-0.15, -0.1) is 0 Å². The van der Waals surface area contributed by atoms with E-state index in [4.69, 9.17) is 0 Å². The summed E-state index contributed by atoms with van der Waals surface area (Å²) < 4.78 is 1.81. The van der Waals surface area contributed by atoms with Gasteiger partial charge < -0.3 is 5.11 Å². The fraction of sp³-hybridized carbons (Fsp3) is 0.769. The predicted molar refractivity (Wildman–Crippen MR) is 68.9 cm³/mol. The van der Waals surface area contributed by atoms with Gasteiger partial charge in [0.05, 0.1) is 6.04 Å². The molecule has 19 heavy (non-hydrogen) atoms. The molecule has 3 heterocycles. The Morgan fingerprint density at radius 2 is 2.16 bits per heavy atom. The van der Waals surface area contributed by atoms with E-state index < -0.39 is 11.9 Å². The minimum absolute atomic E-state index is 0.276. The lowest BCUT2D eigenvalue weighted by Gasteiger charge is -2.19. The molecule has 2 aliphatic rings. The van der Waals surface area contributed by atoms with E-state index in [1.54, 1.807) is 0 Å². The summed E-state index contributed by atoms with van der Waals surface area (Å²) in [5, 5.41) is 13.8. The molecule has 6 heteroatoms. The van der Waals surface area contributed by atoms with Crippen molar-refractivity contribution in [1.82, 2.24) is 19.7 Å². The summed E-state index contributed by atoms with van der Waals surface area (Å²) in [5.41, 5.74) is 0. The van der Waals surface area contributed by atoms with Gasteiger partial charge >= 0.3 is 5.97 Å². The molecule has 0 aromatic carbocycles. The zero-order valence-corrected chi connectivity index (χ0v) is 11.2. The molecule has 1 aromatic heterocycles. The lowest BCUT2D eigenvalue weighted by atomic mass is 10.00. The summed E-state index contributed by atoms with van der Waals surface area (Å²) in [6, 6.07) is 0.276. The Hall–Kier alpha value is -1.43. The third-order valence-electron chi connectivity index (χ3n) is 4.26. The van der Waals surface area contributed by atoms with E-state index in [9.17, 15) is 9.90 Å². The van der Waals surface area contributed by atoms with E-state index in [1.807, 2.05) is 4.68 Å². The van der Waals surface area contributed by atoms with Gasteiger partial charge in [-0.2, -0.15) is 5.10 Å². The van der Waals surface area contributed by atoms with Crippen LogP contribution in [0.25, 0.3) is 0 Å². The number of aliphatic carboxylic acids is 1. The lowest BCUT2D eigenvalue weighted by Crippen LogP contribution is -2.23. The minimum Gasteiger partial charge on any atom is -0.481 e. The number of nitrogens with zero attached hydrogens (tertiary/aromatic N) is 4. The average molecular weight is 264 g/mol. The molecule has 0 bridgehead atoms. The Labute approximate surface area is 112 Å². The molecule has 0 saturated carbocycles. The molecule has 0 amide bonds. The SMILES string of the molecule is CCN1CCCC1c1nc2n(n1)CCCC2C(=O)O. The highest BCUT2D eigenvalue weighted by Gasteiger charge is 2.34. The second-order valence-electron chi connectivity index (χ2n) is 5.37. The molecule has 2 aliphatic heterocycles. The van der Waals surface area contributed by atoms with Crippen LogP contribution in [0.4, 0.5) is 0 Å². The first-order chi connectivity index (χ1) is 9.20. The highest BCUT2D eigenvalue weighted by molar-refractivity contribution is 5.75. The van der Waals surface area contributed by atoms with Crippen LogP contribution in [0.1, 0.15) is 56.2 Å². The van der Waals surface area contributed by atoms with E-state index >= 15 is 0 Å². The third kappa shape index (κ3) is 2.14. The number of fused-ring (bicyclic) bond motifs is 1. The van der Waals surface area contributed by atoms with Crippen LogP contribution in [0.15, 0.2) is 0 Å². The number of rotatable bonds is 3. The average Bonchev–Trinajstić information content (AvgIpc) is 3.03. The van der Waals surface area contributed by atoms with Gasteiger partial charge in [0.15, 0.2) is 5.82 Å². The fourth-order valence-corrected chi connectivity index (χ4v) is 3.24. The first kappa shape index (κ1) is 12.6. The number of aromatic nitrogens is 3. The van der Waals surface area contributed by atoms with Gasteiger partial charge in [-0.25, -0.2) is 9.67 Å². The second kappa shape index (κ2) is 4.92. The molecule has 2 atom stereocenters. The van der Waals surface area contributed by atoms with Gasteiger partial charge in [-0.05, 0) is 38.8 Å². The molecule has 1 saturated heterocycles. The molecule has 2 unspecified atom stereocenters. The van der Waals surface area contributed by atoms with Crippen molar-refractivity contribution in [2.75, 3.05) is 13.1 Å². The van der Waals surface area contributed by atoms with Crippen LogP contribution in [0, 0.1) is 0 Å². The minimum atomic E-state index is -0.779. The van der Waals surface area contributed by atoms with Crippen LogP contribution in [0.5, 0.6) is 0 Å². The van der Waals surface area contributed by atoms with Crippen molar-refractivity contribution in [2.45, 2.75) is 51.1 Å². The summed E-state index contributed by atoms with van der Waals surface area (Å²) in [6.45, 7) is 5.03. The molecule has 6 nitrogen and oxygen atoms in total. The Morgan fingerprint density at radius 1 is 1.37 bits per heavy atom. The van der Waals surface area contributed by atoms with Crippen LogP contribution >= 0.6 is 0 Å². The van der Waals surface area contributed by atoms with Crippen LogP contribution < -0.4 is 0 Å². The summed E-state index contributed by atoms with van der Waals surface area (Å²) in [7, 11) is 0. The van der Waals surface area contributed by atoms with Crippen molar-refractivity contribution in [1.29, 1.82) is 0 Å². The maximum absolute atomic E-state index is 11.3. The molecule has 0 aliphatic carbocycles. The normalized spacial score (nSPS) is 27.4. The quantitative estimate of drug-likeness (QED) is 0.893. The van der Waals surface area contributed by atoms with Crippen LogP contribution in [-0.2, 0) is 11.3 Å². The van der Waals surface area contributed by atoms with E-state index in [0.717, 1.165) is 38.3 Å². The van der Waals surface area contributed by atoms with Gasteiger partial charge in [0.1, 0.15) is 11.7 Å². The summed E-state index contributed by atoms with van der Waals surface area (Å²) in [5.74, 6) is 0.212. The standard InChI is InChI=1S/C13H20N4O2/c1-2-16-7-4-6-10(16)11-14-12-9(13(18)19)5-3-8-17(12)15-11/h9-10H,2-8H2,1H3,(H,18,19). The van der Waals surface area contributed by atoms with Gasteiger partial charge in [0.2, 0.25) is 0 Å². The zero-order valence-electron chi connectivity index (χ0n) is 11.2. The van der Waals surface area contributed by atoms with E-state index in [1.165, 1.54) is 6.42 Å². The summed E-state index contributed by atoms with van der Waals surface area (Å²) in [4.78, 5) is 18.2. The van der Waals surface area contributed by atoms with Gasteiger partial charge in [-0.3, -0.25) is 9.69 Å². The molecule has 0 spiro atoms. The van der Waals surface area contributed by atoms with Gasteiger partial charge in [0.25, 0.3) is 0 Å². The van der Waals surface area contributed by atoms with Crippen molar-refractivity contribution < 1.29 is 9.90 Å². The number of hydrogen-bond donors (Lipinski definition) is 1. The number of carboxylic acids is 1. The molecule has 1 aromatic rings. The number of carbonyl (C=O) groups is 1. The molecule has 104 valence electrons. The van der Waals surface area contributed by atoms with Crippen molar-refractivity contribution in [3.8, 4) is 0 Å². The largest absolute Gasteiger partial charge is 0.481 e. The van der Waals surface area contributed by atoms with Crippen molar-refractivity contribution in [3.05, 3.63) is 11.6 Å². The monoisotopic (exact) mass is 264 g/mol. The van der Waals surface area contributed by atoms with Crippen molar-refractivity contribution in [2.24, 2.45) is 0 Å². The van der Waals surface area contributed by atoms with Gasteiger partial charge in [-0.1, -0.05) is 6.92 Å². The predicted octanol–water partition coefficient (Wildman–Crippen LogP) is 1.40. The number of hydrogen-bond acceptors (Lipinski definition) is 4. The first-order valence-corrected chi connectivity index (χ1v) is 7.12. The van der Waals surface area contributed by atoms with Crippen LogP contribution in [0.2, 0.25) is 0 Å². The summed E-state index contributed by atoms with van der Waals surface area (Å²) in [6.07, 6.45) is 3.80. The lowest BCUT2D eigenvalue weighted by molar-refractivity contribution is -0.139. The molecular formula is C13H20N4O2. The molecule has 1 N–H and O–H groups in total. The smallest absolute Gasteiger partial charge is 0.314 e. The molecule has 3 rings (SSSR count). The van der Waals surface area contributed by atoms with Crippen molar-refractivity contribution >= 4 is 5.97 Å². The van der Waals surface area contributed by atoms with Gasteiger partial charge in [0, 0.05) is 6.54 Å². The first-order valence-electron chi connectivity index (χ1n) is 7.12. The number of likely N-dealkylation sites (tertiary alicyclic amines) is 1. The number of carboxylic acid groups (broad SMARTS) is 1. The molecular weight excluding hydrogens is 244 g/mol. The van der Waals surface area contributed by atoms with Crippen LogP contribution in [-0.4, -0.2) is 43.8 Å². The topological polar surface area (TPSA) is 71.2 Å². The third-order valence-corrected chi connectivity index (χ3v) is 4.26. The zero-order chi connectivity index (χ0) is 13.4. The molecule has 1 fully saturated rings. The molecule has 0 radical (unpaired) electrons. The highest BCUT2D eigenvalue weighted by atomic mass is 16.4. The number of aryl methyl sites for hydroxylation is 1. The maximum atomic E-state index is 11.3. The van der Waals surface area contributed by atoms with Crippen LogP contribution in [0.3, 0.4) is 0 Å². The Bertz CT molecular complexity index is 485. The Balaban J connectivity index is 1.91. The Morgan fingerprint density at radius 3 is 2.89 bits per heavy atom. The van der Waals surface area contributed by atoms with E-state index in [-0.39, 0.29) is 6.04 Å². The summed E-state index contributed by atoms with van der Waals surface area (Å²) >= 11 is 0. The Kier molecular flexibility index (Phi) is 3.26. The fourth-order valence-electron chi connectivity index (χ4n) is 3.24. The van der Waals surface area contributed by atoms with E-state index in [2.05, 4.69) is 21.9 Å². The highest BCUT2D eigenvalue weighted by Crippen LogP contribution is 2.32.